The second kappa shape index (κ2) is 17.7. The van der Waals surface area contributed by atoms with Crippen LogP contribution >= 0.6 is 14.5 Å². The van der Waals surface area contributed by atoms with Crippen molar-refractivity contribution in [2.75, 3.05) is 13.3 Å². The van der Waals surface area contributed by atoms with Gasteiger partial charge in [-0.1, -0.05) is 72.8 Å². The van der Waals surface area contributed by atoms with Gasteiger partial charge in [0.15, 0.2) is 34.8 Å². The Morgan fingerprint density at radius 3 is 0.615 bits per heavy atom. The van der Waals surface area contributed by atoms with Crippen molar-refractivity contribution in [3.05, 3.63) is 121 Å². The zero-order valence-electron chi connectivity index (χ0n) is 26.2. The summed E-state index contributed by atoms with van der Waals surface area (Å²) in [6.07, 6.45) is 0. The Kier molecular flexibility index (Phi) is 15.9. The van der Waals surface area contributed by atoms with Crippen LogP contribution in [0.25, 0.3) is 0 Å². The molecule has 0 saturated carbocycles. The molecule has 0 aliphatic carbocycles. The Morgan fingerprint density at radius 2 is 0.519 bits per heavy atom. The Balaban J connectivity index is 0.000000373. The molecule has 52 heavy (non-hydrogen) atoms. The van der Waals surface area contributed by atoms with Gasteiger partial charge in [0.25, 0.3) is 0 Å². The summed E-state index contributed by atoms with van der Waals surface area (Å²) in [6, 6.07) is 32.7. The second-order valence-corrected chi connectivity index (χ2v) is 19.9. The van der Waals surface area contributed by atoms with E-state index < -0.39 is 57.6 Å². The number of rotatable bonds is 4. The number of halogens is 12. The normalized spacial score (nSPS) is 12.9. The molecule has 0 aliphatic rings. The third-order valence-corrected chi connectivity index (χ3v) is 15.2. The average Bonchev–Trinajstić information content (AvgIpc) is 3.03. The number of benzene rings is 4. The predicted molar refractivity (Wildman–Crippen MR) is 174 cm³/mol. The number of alkyl halides is 12. The van der Waals surface area contributed by atoms with Gasteiger partial charge in [-0.05, 0) is 48.5 Å². The Morgan fingerprint density at radius 1 is 0.385 bits per heavy atom. The highest BCUT2D eigenvalue weighted by Gasteiger charge is 2.63. The first-order valence-electron chi connectivity index (χ1n) is 13.6. The van der Waals surface area contributed by atoms with Crippen molar-refractivity contribution < 1.29 is 78.6 Å². The molecule has 0 aliphatic heterocycles. The topological polar surface area (TPSA) is 114 Å². The summed E-state index contributed by atoms with van der Waals surface area (Å²) in [6.45, 7) is 2.66. The molecule has 0 bridgehead atoms. The van der Waals surface area contributed by atoms with Gasteiger partial charge in [0.1, 0.15) is 21.2 Å². The molecule has 22 heteroatoms. The van der Waals surface area contributed by atoms with E-state index in [2.05, 4.69) is 0 Å². The quantitative estimate of drug-likeness (QED) is 0.0901. The fourth-order valence-corrected chi connectivity index (χ4v) is 8.63. The molecule has 0 spiro atoms. The third kappa shape index (κ3) is 12.4. The first-order valence-corrected chi connectivity index (χ1v) is 20.8. The van der Waals surface area contributed by atoms with Gasteiger partial charge in [0.05, 0.1) is 13.3 Å². The van der Waals surface area contributed by atoms with Gasteiger partial charge < -0.3 is 9.11 Å². The lowest BCUT2D eigenvalue weighted by Gasteiger charge is -2.24. The van der Waals surface area contributed by atoms with E-state index in [0.29, 0.717) is 21.2 Å². The van der Waals surface area contributed by atoms with E-state index in [-0.39, 0.29) is 0 Å². The van der Waals surface area contributed by atoms with Crippen molar-refractivity contribution in [1.82, 2.24) is 0 Å². The van der Waals surface area contributed by atoms with Crippen LogP contribution in [0.4, 0.5) is 52.7 Å². The summed E-state index contributed by atoms with van der Waals surface area (Å²) < 4.78 is 199. The van der Waals surface area contributed by atoms with Crippen molar-refractivity contribution in [1.29, 1.82) is 0 Å². The molecule has 6 nitrogen and oxygen atoms in total. The van der Waals surface area contributed by atoms with E-state index in [4.69, 9.17) is 25.9 Å². The Hall–Kier alpha value is -3.28. The molecule has 0 N–H and O–H groups in total. The minimum atomic E-state index is -6.09. The van der Waals surface area contributed by atoms with E-state index >= 15 is 0 Å². The highest BCUT2D eigenvalue weighted by atomic mass is 32.2. The lowest BCUT2D eigenvalue weighted by molar-refractivity contribution is -0.0522. The molecule has 4 rings (SSSR count). The molecule has 0 atom stereocenters. The molecule has 0 aromatic heterocycles. The zero-order chi connectivity index (χ0) is 40.5. The predicted octanol–water partition coefficient (Wildman–Crippen LogP) is 7.71. The molecule has 0 amide bonds. The van der Waals surface area contributed by atoms with Gasteiger partial charge in [0, 0.05) is 0 Å². The summed E-state index contributed by atoms with van der Waals surface area (Å²) in [5, 5.41) is 1.46. The van der Waals surface area contributed by atoms with Gasteiger partial charge >= 0.3 is 22.9 Å². The van der Waals surface area contributed by atoms with Crippen LogP contribution < -0.4 is 21.2 Å². The van der Waals surface area contributed by atoms with Crippen LogP contribution in [0.5, 0.6) is 0 Å². The minimum absolute atomic E-state index is 0.365. The van der Waals surface area contributed by atoms with Crippen LogP contribution in [-0.4, -0.2) is 62.1 Å². The smallest absolute Gasteiger partial charge is 0.518 e. The van der Waals surface area contributed by atoms with Crippen LogP contribution in [0.3, 0.4) is 0 Å². The van der Waals surface area contributed by atoms with Crippen molar-refractivity contribution in [2.24, 2.45) is 0 Å². The summed E-state index contributed by atoms with van der Waals surface area (Å²) >= 11 is 0. The number of hydrogen-bond donors (Lipinski definition) is 0. The maximum atomic E-state index is 13.5. The third-order valence-electron chi connectivity index (χ3n) is 6.67. The van der Waals surface area contributed by atoms with Crippen LogP contribution in [0.15, 0.2) is 121 Å². The maximum absolute atomic E-state index is 13.5. The van der Waals surface area contributed by atoms with Crippen LogP contribution in [0.1, 0.15) is 0 Å². The van der Waals surface area contributed by atoms with E-state index in [1.54, 1.807) is 121 Å². The fourth-order valence-electron chi connectivity index (χ4n) is 3.79. The largest absolute Gasteiger partial charge is 0.741 e. The standard InChI is InChI=1S/2C14H13F3P.2CHF3O3S/c2*1-18(14(15,16)17,12-8-4-2-5-9-12)13-10-6-3-7-11-13;2*2-1(3,4)8(5,6)7/h2*2-11H,1H3;2*(H,5,6,7)/q2*+1;;/p-2. The first kappa shape index (κ1) is 46.7. The van der Waals surface area contributed by atoms with Gasteiger partial charge in [-0.2, -0.15) is 26.3 Å². The molecular formula is C30H26F12O6P2S2. The fraction of sp³-hybridized carbons (Fsp3) is 0.200. The molecule has 0 radical (unpaired) electrons. The average molecular weight is 837 g/mol. The van der Waals surface area contributed by atoms with Crippen molar-refractivity contribution >= 4 is 56.0 Å². The second-order valence-electron chi connectivity index (χ2n) is 10.1. The molecule has 0 saturated heterocycles. The summed E-state index contributed by atoms with van der Waals surface area (Å²) in [5.74, 6) is -8.45. The van der Waals surface area contributed by atoms with Crippen molar-refractivity contribution in [2.45, 2.75) is 22.9 Å². The van der Waals surface area contributed by atoms with Crippen molar-refractivity contribution in [3.63, 3.8) is 0 Å². The zero-order valence-corrected chi connectivity index (χ0v) is 29.7. The molecule has 0 heterocycles. The van der Waals surface area contributed by atoms with Crippen molar-refractivity contribution in [3.8, 4) is 0 Å². The summed E-state index contributed by atoms with van der Waals surface area (Å²) in [4.78, 5) is 0. The summed E-state index contributed by atoms with van der Waals surface area (Å²) in [7, 11) is -18.9. The van der Waals surface area contributed by atoms with Gasteiger partial charge in [-0.15, -0.1) is 26.3 Å². The minimum Gasteiger partial charge on any atom is -0.741 e. The van der Waals surface area contributed by atoms with E-state index in [1.165, 1.54) is 13.3 Å². The monoisotopic (exact) mass is 836 g/mol. The molecule has 0 unspecified atom stereocenters. The SMILES string of the molecule is C[P+](c1ccccc1)(c1ccccc1)C(F)(F)F.C[P+](c1ccccc1)(c1ccccc1)C(F)(F)F.O=S(=O)([O-])C(F)(F)F.O=S(=O)([O-])C(F)(F)F. The molecule has 4 aromatic rings. The highest BCUT2D eigenvalue weighted by Crippen LogP contribution is 2.67. The lowest BCUT2D eigenvalue weighted by Crippen LogP contribution is -2.32. The molecular weight excluding hydrogens is 810 g/mol. The van der Waals surface area contributed by atoms with E-state index in [1.807, 2.05) is 0 Å². The van der Waals surface area contributed by atoms with Gasteiger partial charge in [-0.3, -0.25) is 0 Å². The molecule has 288 valence electrons. The Labute approximate surface area is 291 Å². The van der Waals surface area contributed by atoms with Gasteiger partial charge in [0.2, 0.25) is 0 Å². The summed E-state index contributed by atoms with van der Waals surface area (Å²) in [5.41, 5.74) is -11.3. The van der Waals surface area contributed by atoms with Crippen LogP contribution in [0.2, 0.25) is 0 Å². The first-order chi connectivity index (χ1) is 23.4. The lowest BCUT2D eigenvalue weighted by atomic mass is 10.4. The molecule has 0 fully saturated rings. The van der Waals surface area contributed by atoms with E-state index in [9.17, 15) is 52.7 Å². The van der Waals surface area contributed by atoms with Gasteiger partial charge in [-0.25, -0.2) is 16.8 Å². The van der Waals surface area contributed by atoms with E-state index in [0.717, 1.165) is 0 Å². The Bertz CT molecular complexity index is 1670. The maximum Gasteiger partial charge on any atom is 0.518 e. The highest BCUT2D eigenvalue weighted by molar-refractivity contribution is 7.90. The van der Waals surface area contributed by atoms with Crippen LogP contribution in [0, 0.1) is 0 Å². The van der Waals surface area contributed by atoms with Crippen LogP contribution in [-0.2, 0) is 20.2 Å². The molecule has 4 aromatic carbocycles. The number of hydrogen-bond acceptors (Lipinski definition) is 6.